The van der Waals surface area contributed by atoms with Crippen molar-refractivity contribution in [1.29, 1.82) is 0 Å². The molecule has 0 aromatic carbocycles. The van der Waals surface area contributed by atoms with Crippen molar-refractivity contribution in [2.45, 2.75) is 82.9 Å². The van der Waals surface area contributed by atoms with Crippen LogP contribution in [0.3, 0.4) is 0 Å². The van der Waals surface area contributed by atoms with Gasteiger partial charge in [-0.1, -0.05) is 6.92 Å². The Hall–Kier alpha value is -0.120. The van der Waals surface area contributed by atoms with Crippen molar-refractivity contribution in [2.75, 3.05) is 19.7 Å². The van der Waals surface area contributed by atoms with Gasteiger partial charge in [-0.15, -0.1) is 0 Å². The molecular formula is C16H32N2O. The summed E-state index contributed by atoms with van der Waals surface area (Å²) in [5.41, 5.74) is 6.02. The number of ether oxygens (including phenoxy) is 1. The van der Waals surface area contributed by atoms with Gasteiger partial charge in [0.25, 0.3) is 0 Å². The zero-order valence-corrected chi connectivity index (χ0v) is 12.7. The summed E-state index contributed by atoms with van der Waals surface area (Å²) in [6, 6.07) is 1.26. The van der Waals surface area contributed by atoms with Crippen LogP contribution in [0.25, 0.3) is 0 Å². The van der Waals surface area contributed by atoms with Crippen LogP contribution in [0.5, 0.6) is 0 Å². The second kappa shape index (κ2) is 8.23. The molecule has 1 saturated carbocycles. The van der Waals surface area contributed by atoms with Crippen LogP contribution in [-0.4, -0.2) is 42.8 Å². The first-order valence-corrected chi connectivity index (χ1v) is 8.40. The van der Waals surface area contributed by atoms with Gasteiger partial charge in [-0.3, -0.25) is 0 Å². The molecular weight excluding hydrogens is 236 g/mol. The molecule has 3 nitrogen and oxygen atoms in total. The molecule has 0 aromatic rings. The molecule has 0 radical (unpaired) electrons. The maximum Gasteiger partial charge on any atom is 0.0576 e. The van der Waals surface area contributed by atoms with Crippen LogP contribution in [0.1, 0.15) is 64.7 Å². The third-order valence-electron chi connectivity index (χ3n) is 4.76. The van der Waals surface area contributed by atoms with Crippen LogP contribution in [-0.2, 0) is 4.74 Å². The molecule has 19 heavy (non-hydrogen) atoms. The Morgan fingerprint density at radius 1 is 1.11 bits per heavy atom. The fraction of sp³-hybridized carbons (Fsp3) is 1.00. The summed E-state index contributed by atoms with van der Waals surface area (Å²) in [5, 5.41) is 0. The zero-order valence-electron chi connectivity index (χ0n) is 12.7. The van der Waals surface area contributed by atoms with E-state index in [2.05, 4.69) is 11.8 Å². The number of nitrogens with two attached hydrogens (primary N) is 1. The number of rotatable bonds is 7. The molecule has 1 atom stereocenters. The van der Waals surface area contributed by atoms with Gasteiger partial charge in [0.15, 0.2) is 0 Å². The smallest absolute Gasteiger partial charge is 0.0576 e. The van der Waals surface area contributed by atoms with Crippen molar-refractivity contribution in [2.24, 2.45) is 5.73 Å². The molecule has 1 aliphatic heterocycles. The van der Waals surface area contributed by atoms with E-state index in [1.165, 1.54) is 70.9 Å². The maximum atomic E-state index is 6.02. The fourth-order valence-electron chi connectivity index (χ4n) is 3.62. The van der Waals surface area contributed by atoms with Crippen molar-refractivity contribution in [3.8, 4) is 0 Å². The van der Waals surface area contributed by atoms with E-state index in [0.29, 0.717) is 12.1 Å². The van der Waals surface area contributed by atoms with Crippen LogP contribution >= 0.6 is 0 Å². The van der Waals surface area contributed by atoms with Gasteiger partial charge >= 0.3 is 0 Å². The largest absolute Gasteiger partial charge is 0.378 e. The van der Waals surface area contributed by atoms with Crippen molar-refractivity contribution in [3.63, 3.8) is 0 Å². The standard InChI is InChI=1S/C16H32N2O/c1-2-11-18(15-9-7-14(17)8-10-15)12-3-5-16-6-4-13-19-16/h14-16H,2-13,17H2,1H3. The zero-order chi connectivity index (χ0) is 13.5. The molecule has 1 aliphatic carbocycles. The van der Waals surface area contributed by atoms with Crippen LogP contribution in [0.15, 0.2) is 0 Å². The van der Waals surface area contributed by atoms with Crippen LogP contribution < -0.4 is 5.73 Å². The van der Waals surface area contributed by atoms with Gasteiger partial charge in [-0.25, -0.2) is 0 Å². The predicted molar refractivity (Wildman–Crippen MR) is 80.3 cm³/mol. The lowest BCUT2D eigenvalue weighted by Crippen LogP contribution is -2.41. The number of hydrogen-bond donors (Lipinski definition) is 1. The summed E-state index contributed by atoms with van der Waals surface area (Å²) in [6.07, 6.45) is 12.0. The third kappa shape index (κ3) is 5.05. The number of hydrogen-bond acceptors (Lipinski definition) is 3. The molecule has 2 rings (SSSR count). The van der Waals surface area contributed by atoms with Gasteiger partial charge < -0.3 is 15.4 Å². The van der Waals surface area contributed by atoms with E-state index in [0.717, 1.165) is 12.6 Å². The lowest BCUT2D eigenvalue weighted by Gasteiger charge is -2.36. The van der Waals surface area contributed by atoms with Crippen molar-refractivity contribution < 1.29 is 4.74 Å². The molecule has 112 valence electrons. The minimum Gasteiger partial charge on any atom is -0.378 e. The second-order valence-electron chi connectivity index (χ2n) is 6.38. The first kappa shape index (κ1) is 15.3. The third-order valence-corrected chi connectivity index (χ3v) is 4.76. The van der Waals surface area contributed by atoms with Crippen LogP contribution in [0, 0.1) is 0 Å². The monoisotopic (exact) mass is 268 g/mol. The van der Waals surface area contributed by atoms with E-state index in [9.17, 15) is 0 Å². The van der Waals surface area contributed by atoms with E-state index in [-0.39, 0.29) is 0 Å². The van der Waals surface area contributed by atoms with E-state index >= 15 is 0 Å². The van der Waals surface area contributed by atoms with Crippen molar-refractivity contribution in [3.05, 3.63) is 0 Å². The highest BCUT2D eigenvalue weighted by molar-refractivity contribution is 4.81. The lowest BCUT2D eigenvalue weighted by molar-refractivity contribution is 0.0920. The summed E-state index contributed by atoms with van der Waals surface area (Å²) in [4.78, 5) is 2.72. The molecule has 0 spiro atoms. The Balaban J connectivity index is 1.69. The average molecular weight is 268 g/mol. The van der Waals surface area contributed by atoms with Gasteiger partial charge in [-0.05, 0) is 70.9 Å². The van der Waals surface area contributed by atoms with Crippen LogP contribution in [0.4, 0.5) is 0 Å². The van der Waals surface area contributed by atoms with Gasteiger partial charge in [0, 0.05) is 18.7 Å². The fourth-order valence-corrected chi connectivity index (χ4v) is 3.62. The van der Waals surface area contributed by atoms with Crippen LogP contribution in [0.2, 0.25) is 0 Å². The topological polar surface area (TPSA) is 38.5 Å². The quantitative estimate of drug-likeness (QED) is 0.771. The summed E-state index contributed by atoms with van der Waals surface area (Å²) in [5.74, 6) is 0. The summed E-state index contributed by atoms with van der Waals surface area (Å²) < 4.78 is 5.72. The summed E-state index contributed by atoms with van der Waals surface area (Å²) in [7, 11) is 0. The molecule has 3 heteroatoms. The predicted octanol–water partition coefficient (Wildman–Crippen LogP) is 2.93. The van der Waals surface area contributed by atoms with Crippen molar-refractivity contribution >= 4 is 0 Å². The molecule has 1 saturated heterocycles. The summed E-state index contributed by atoms with van der Waals surface area (Å²) in [6.45, 7) is 5.80. The SMILES string of the molecule is CCCN(CCCC1CCCO1)C1CCC(N)CC1. The summed E-state index contributed by atoms with van der Waals surface area (Å²) >= 11 is 0. The first-order chi connectivity index (χ1) is 9.29. The molecule has 0 aromatic heterocycles. The van der Waals surface area contributed by atoms with Gasteiger partial charge in [0.05, 0.1) is 6.10 Å². The highest BCUT2D eigenvalue weighted by Crippen LogP contribution is 2.23. The first-order valence-electron chi connectivity index (χ1n) is 8.40. The lowest BCUT2D eigenvalue weighted by atomic mass is 9.90. The van der Waals surface area contributed by atoms with Gasteiger partial charge in [-0.2, -0.15) is 0 Å². The number of nitrogens with zero attached hydrogens (tertiary/aromatic N) is 1. The minimum atomic E-state index is 0.464. The highest BCUT2D eigenvalue weighted by atomic mass is 16.5. The minimum absolute atomic E-state index is 0.464. The molecule has 1 unspecified atom stereocenters. The highest BCUT2D eigenvalue weighted by Gasteiger charge is 2.24. The Kier molecular flexibility index (Phi) is 6.62. The molecule has 0 amide bonds. The molecule has 2 fully saturated rings. The van der Waals surface area contributed by atoms with Crippen molar-refractivity contribution in [1.82, 2.24) is 4.90 Å². The Morgan fingerprint density at radius 3 is 2.53 bits per heavy atom. The molecule has 2 aliphatic rings. The Morgan fingerprint density at radius 2 is 1.89 bits per heavy atom. The Bertz CT molecular complexity index is 233. The van der Waals surface area contributed by atoms with Gasteiger partial charge in [0.1, 0.15) is 0 Å². The molecule has 0 bridgehead atoms. The van der Waals surface area contributed by atoms with E-state index in [1.807, 2.05) is 0 Å². The van der Waals surface area contributed by atoms with E-state index in [4.69, 9.17) is 10.5 Å². The normalized spacial score (nSPS) is 32.1. The maximum absolute atomic E-state index is 6.02. The Labute approximate surface area is 118 Å². The van der Waals surface area contributed by atoms with E-state index < -0.39 is 0 Å². The average Bonchev–Trinajstić information content (AvgIpc) is 2.92. The second-order valence-corrected chi connectivity index (χ2v) is 6.38. The van der Waals surface area contributed by atoms with E-state index in [1.54, 1.807) is 0 Å². The van der Waals surface area contributed by atoms with Gasteiger partial charge in [0.2, 0.25) is 0 Å². The molecule has 1 heterocycles. The molecule has 2 N–H and O–H groups in total.